The summed E-state index contributed by atoms with van der Waals surface area (Å²) in [5, 5.41) is 4.98. The molecule has 3 aromatic rings. The molecule has 0 aliphatic heterocycles. The van der Waals surface area contributed by atoms with Gasteiger partial charge in [-0.3, -0.25) is 10.1 Å². The minimum Gasteiger partial charge on any atom is -0.493 e. The minimum atomic E-state index is -3.69. The number of benzene rings is 2. The Kier molecular flexibility index (Phi) is 6.87. The number of methoxy groups -OCH3 is 2. The van der Waals surface area contributed by atoms with E-state index in [4.69, 9.17) is 9.47 Å². The third kappa shape index (κ3) is 4.62. The number of hydrogen-bond donors (Lipinski definition) is 1. The lowest BCUT2D eigenvalue weighted by atomic mass is 10.1. The summed E-state index contributed by atoms with van der Waals surface area (Å²) in [5.41, 5.74) is 3.05. The number of thiazole rings is 1. The van der Waals surface area contributed by atoms with Gasteiger partial charge in [0.1, 0.15) is 0 Å². The van der Waals surface area contributed by atoms with Crippen LogP contribution < -0.4 is 14.8 Å². The van der Waals surface area contributed by atoms with Crippen LogP contribution >= 0.6 is 11.3 Å². The zero-order valence-electron chi connectivity index (χ0n) is 18.7. The predicted molar refractivity (Wildman–Crippen MR) is 125 cm³/mol. The average molecular weight is 476 g/mol. The molecular formula is C22H25N3O5S2. The van der Waals surface area contributed by atoms with Crippen LogP contribution in [0, 0.1) is 13.8 Å². The lowest BCUT2D eigenvalue weighted by Gasteiger charge is -2.16. The van der Waals surface area contributed by atoms with Crippen molar-refractivity contribution in [1.82, 2.24) is 9.29 Å². The molecule has 0 atom stereocenters. The van der Waals surface area contributed by atoms with Gasteiger partial charge in [0.2, 0.25) is 10.0 Å². The Morgan fingerprint density at radius 1 is 1.06 bits per heavy atom. The molecule has 10 heteroatoms. The summed E-state index contributed by atoms with van der Waals surface area (Å²) >= 11 is 1.27. The smallest absolute Gasteiger partial charge is 0.257 e. The molecule has 0 unspecified atom stereocenters. The van der Waals surface area contributed by atoms with Gasteiger partial charge in [-0.05, 0) is 55.3 Å². The molecule has 8 nitrogen and oxygen atoms in total. The fourth-order valence-electron chi connectivity index (χ4n) is 3.05. The van der Waals surface area contributed by atoms with Crippen molar-refractivity contribution in [3.8, 4) is 22.8 Å². The second-order valence-electron chi connectivity index (χ2n) is 7.27. The van der Waals surface area contributed by atoms with E-state index >= 15 is 0 Å². The maximum atomic E-state index is 12.9. The Hall–Kier alpha value is -2.95. The van der Waals surface area contributed by atoms with E-state index in [9.17, 15) is 13.2 Å². The molecule has 1 amide bonds. The van der Waals surface area contributed by atoms with E-state index in [1.165, 1.54) is 31.5 Å². The summed E-state index contributed by atoms with van der Waals surface area (Å²) < 4.78 is 37.0. The van der Waals surface area contributed by atoms with Gasteiger partial charge in [-0.15, -0.1) is 11.3 Å². The average Bonchev–Trinajstić information content (AvgIpc) is 3.23. The van der Waals surface area contributed by atoms with Gasteiger partial charge >= 0.3 is 0 Å². The number of ether oxygens (including phenoxy) is 2. The number of carbonyl (C=O) groups excluding carboxylic acids is 1. The van der Waals surface area contributed by atoms with Crippen molar-refractivity contribution in [2.75, 3.05) is 33.6 Å². The van der Waals surface area contributed by atoms with Crippen molar-refractivity contribution in [2.24, 2.45) is 0 Å². The molecule has 1 N–H and O–H groups in total. The van der Waals surface area contributed by atoms with E-state index in [1.807, 2.05) is 11.4 Å². The zero-order chi connectivity index (χ0) is 23.6. The van der Waals surface area contributed by atoms with Crippen LogP contribution in [0.4, 0.5) is 5.13 Å². The summed E-state index contributed by atoms with van der Waals surface area (Å²) in [4.78, 5) is 17.5. The van der Waals surface area contributed by atoms with E-state index in [-0.39, 0.29) is 10.5 Å². The van der Waals surface area contributed by atoms with Gasteiger partial charge in [0.15, 0.2) is 16.6 Å². The van der Waals surface area contributed by atoms with Crippen LogP contribution in [0.2, 0.25) is 0 Å². The highest BCUT2D eigenvalue weighted by molar-refractivity contribution is 7.89. The number of rotatable bonds is 7. The first-order chi connectivity index (χ1) is 15.1. The maximum absolute atomic E-state index is 12.9. The third-order valence-electron chi connectivity index (χ3n) is 5.04. The van der Waals surface area contributed by atoms with Crippen LogP contribution in [0.15, 0.2) is 40.6 Å². The van der Waals surface area contributed by atoms with Crippen LogP contribution in [0.5, 0.6) is 11.5 Å². The molecule has 1 heterocycles. The second-order valence-corrected chi connectivity index (χ2v) is 10.2. The van der Waals surface area contributed by atoms with Crippen LogP contribution in [0.1, 0.15) is 21.5 Å². The van der Waals surface area contributed by atoms with Gasteiger partial charge in [-0.2, -0.15) is 0 Å². The topological polar surface area (TPSA) is 97.8 Å². The standard InChI is InChI=1S/C22H25N3O5S2/c1-13-9-16(11-20(14(13)2)32(27,28)25(3)4)21(26)24-22-23-17(12-31-22)15-7-8-18(29-5)19(10-15)30-6/h7-12H,1-6H3,(H,23,24,26). The van der Waals surface area contributed by atoms with E-state index in [0.717, 1.165) is 9.87 Å². The molecule has 0 radical (unpaired) electrons. The largest absolute Gasteiger partial charge is 0.493 e. The van der Waals surface area contributed by atoms with Gasteiger partial charge < -0.3 is 9.47 Å². The second kappa shape index (κ2) is 9.27. The summed E-state index contributed by atoms with van der Waals surface area (Å²) in [6.45, 7) is 3.50. The number of amides is 1. The van der Waals surface area contributed by atoms with E-state index in [1.54, 1.807) is 46.3 Å². The van der Waals surface area contributed by atoms with Crippen LogP contribution in [0.25, 0.3) is 11.3 Å². The zero-order valence-corrected chi connectivity index (χ0v) is 20.3. The molecule has 0 fully saturated rings. The molecule has 0 bridgehead atoms. The van der Waals surface area contributed by atoms with E-state index in [2.05, 4.69) is 10.3 Å². The SMILES string of the molecule is COc1ccc(-c2csc(NC(=O)c3cc(C)c(C)c(S(=O)(=O)N(C)C)c3)n2)cc1OC. The highest BCUT2D eigenvalue weighted by Crippen LogP contribution is 2.33. The van der Waals surface area contributed by atoms with Crippen molar-refractivity contribution in [3.05, 3.63) is 52.4 Å². The number of anilines is 1. The van der Waals surface area contributed by atoms with Gasteiger partial charge in [0.25, 0.3) is 5.91 Å². The first kappa shape index (κ1) is 23.7. The Morgan fingerprint density at radius 3 is 2.38 bits per heavy atom. The molecule has 3 rings (SSSR count). The van der Waals surface area contributed by atoms with Gasteiger partial charge in [0.05, 0.1) is 24.8 Å². The fraction of sp³-hybridized carbons (Fsp3) is 0.273. The van der Waals surface area contributed by atoms with Crippen molar-refractivity contribution in [1.29, 1.82) is 0 Å². The molecule has 32 heavy (non-hydrogen) atoms. The molecule has 170 valence electrons. The number of aryl methyl sites for hydroxylation is 1. The number of aromatic nitrogens is 1. The fourth-order valence-corrected chi connectivity index (χ4v) is 4.98. The lowest BCUT2D eigenvalue weighted by molar-refractivity contribution is 0.102. The van der Waals surface area contributed by atoms with Gasteiger partial charge in [-0.25, -0.2) is 17.7 Å². The van der Waals surface area contributed by atoms with Crippen molar-refractivity contribution >= 4 is 32.4 Å². The summed E-state index contributed by atoms with van der Waals surface area (Å²) in [6.07, 6.45) is 0. The lowest BCUT2D eigenvalue weighted by Crippen LogP contribution is -2.24. The van der Waals surface area contributed by atoms with Crippen molar-refractivity contribution in [2.45, 2.75) is 18.7 Å². The van der Waals surface area contributed by atoms with Crippen LogP contribution in [-0.4, -0.2) is 51.9 Å². The predicted octanol–water partition coefficient (Wildman–Crippen LogP) is 3.95. The molecular weight excluding hydrogens is 450 g/mol. The van der Waals surface area contributed by atoms with Crippen LogP contribution in [0.3, 0.4) is 0 Å². The summed E-state index contributed by atoms with van der Waals surface area (Å²) in [5.74, 6) is 0.753. The van der Waals surface area contributed by atoms with Crippen LogP contribution in [-0.2, 0) is 10.0 Å². The molecule has 0 aliphatic rings. The first-order valence-electron chi connectivity index (χ1n) is 9.61. The Labute approximate surface area is 191 Å². The summed E-state index contributed by atoms with van der Waals surface area (Å²) in [6, 6.07) is 8.51. The van der Waals surface area contributed by atoms with Gasteiger partial charge in [-0.1, -0.05) is 0 Å². The number of nitrogens with zero attached hydrogens (tertiary/aromatic N) is 2. The first-order valence-corrected chi connectivity index (χ1v) is 11.9. The summed E-state index contributed by atoms with van der Waals surface area (Å²) in [7, 11) is 2.36. The Bertz CT molecular complexity index is 1270. The monoisotopic (exact) mass is 475 g/mol. The molecule has 1 aromatic heterocycles. The highest BCUT2D eigenvalue weighted by atomic mass is 32.2. The van der Waals surface area contributed by atoms with Gasteiger partial charge in [0, 0.05) is 30.6 Å². The number of carbonyl (C=O) groups is 1. The Balaban J connectivity index is 1.88. The molecule has 2 aromatic carbocycles. The van der Waals surface area contributed by atoms with E-state index in [0.29, 0.717) is 33.5 Å². The van der Waals surface area contributed by atoms with Crippen molar-refractivity contribution < 1.29 is 22.7 Å². The minimum absolute atomic E-state index is 0.109. The highest BCUT2D eigenvalue weighted by Gasteiger charge is 2.23. The molecule has 0 aliphatic carbocycles. The number of hydrogen-bond acceptors (Lipinski definition) is 7. The number of nitrogens with one attached hydrogen (secondary N) is 1. The molecule has 0 saturated heterocycles. The van der Waals surface area contributed by atoms with Crippen molar-refractivity contribution in [3.63, 3.8) is 0 Å². The normalized spacial score (nSPS) is 11.5. The molecule has 0 spiro atoms. The van der Waals surface area contributed by atoms with E-state index < -0.39 is 15.9 Å². The number of sulfonamides is 1. The Morgan fingerprint density at radius 2 is 1.75 bits per heavy atom. The maximum Gasteiger partial charge on any atom is 0.257 e. The quantitative estimate of drug-likeness (QED) is 0.556. The molecule has 0 saturated carbocycles. The third-order valence-corrected chi connectivity index (χ3v) is 7.74.